The molecule has 1 saturated heterocycles. The Balaban J connectivity index is 1.97. The zero-order chi connectivity index (χ0) is 12.3. The van der Waals surface area contributed by atoms with Crippen LogP contribution in [-0.2, 0) is 0 Å². The largest absolute Gasteiger partial charge is 0.396 e. The van der Waals surface area contributed by atoms with Crippen LogP contribution < -0.4 is 0 Å². The van der Waals surface area contributed by atoms with E-state index in [1.165, 1.54) is 6.26 Å². The molecule has 0 saturated carbocycles. The van der Waals surface area contributed by atoms with Gasteiger partial charge in [0, 0.05) is 25.8 Å². The summed E-state index contributed by atoms with van der Waals surface area (Å²) < 4.78 is 4.67. The molecule has 1 fully saturated rings. The van der Waals surface area contributed by atoms with Gasteiger partial charge in [-0.15, -0.1) is 0 Å². The number of carbonyl (C=O) groups excluding carboxylic acids is 1. The standard InChI is InChI=1S/C12H18N2O3/c1-2-12(9-15)4-6-14(7-5-12)11(16)10-3-8-17-13-10/h3,8,15H,2,4-7,9H2,1H3. The number of carbonyl (C=O) groups is 1. The number of hydrogen-bond acceptors (Lipinski definition) is 4. The maximum atomic E-state index is 12.0. The molecule has 5 nitrogen and oxygen atoms in total. The molecular formula is C12H18N2O3. The van der Waals surface area contributed by atoms with Crippen molar-refractivity contribution in [3.8, 4) is 0 Å². The molecule has 1 aromatic heterocycles. The molecule has 1 amide bonds. The van der Waals surface area contributed by atoms with Gasteiger partial charge in [0.25, 0.3) is 5.91 Å². The number of aliphatic hydroxyl groups is 1. The van der Waals surface area contributed by atoms with Crippen LogP contribution in [-0.4, -0.2) is 40.8 Å². The highest BCUT2D eigenvalue weighted by molar-refractivity contribution is 5.92. The summed E-state index contributed by atoms with van der Waals surface area (Å²) in [6.45, 7) is 3.65. The summed E-state index contributed by atoms with van der Waals surface area (Å²) in [5.41, 5.74) is 0.360. The summed E-state index contributed by atoms with van der Waals surface area (Å²) in [6.07, 6.45) is 4.06. The third kappa shape index (κ3) is 2.34. The van der Waals surface area contributed by atoms with Crippen molar-refractivity contribution in [3.63, 3.8) is 0 Å². The minimum Gasteiger partial charge on any atom is -0.396 e. The minimum absolute atomic E-state index is 0.000600. The average molecular weight is 238 g/mol. The predicted molar refractivity (Wildman–Crippen MR) is 61.5 cm³/mol. The fourth-order valence-electron chi connectivity index (χ4n) is 2.29. The van der Waals surface area contributed by atoms with Gasteiger partial charge in [0.15, 0.2) is 5.69 Å². The van der Waals surface area contributed by atoms with E-state index in [2.05, 4.69) is 16.6 Å². The number of likely N-dealkylation sites (tertiary alicyclic amines) is 1. The van der Waals surface area contributed by atoms with Crippen LogP contribution in [0.2, 0.25) is 0 Å². The Morgan fingerprint density at radius 3 is 2.76 bits per heavy atom. The van der Waals surface area contributed by atoms with Crippen molar-refractivity contribution >= 4 is 5.91 Å². The minimum atomic E-state index is -0.0820. The molecule has 1 N–H and O–H groups in total. The predicted octanol–water partition coefficient (Wildman–Crippen LogP) is 1.30. The summed E-state index contributed by atoms with van der Waals surface area (Å²) in [4.78, 5) is 13.8. The quantitative estimate of drug-likeness (QED) is 0.862. The Bertz CT molecular complexity index is 361. The van der Waals surface area contributed by atoms with Crippen LogP contribution in [0.1, 0.15) is 36.7 Å². The fourth-order valence-corrected chi connectivity index (χ4v) is 2.29. The van der Waals surface area contributed by atoms with Gasteiger partial charge in [0.05, 0.1) is 0 Å². The van der Waals surface area contributed by atoms with Gasteiger partial charge in [-0.2, -0.15) is 0 Å². The van der Waals surface area contributed by atoms with Crippen LogP contribution in [0.25, 0.3) is 0 Å². The maximum Gasteiger partial charge on any atom is 0.276 e. The lowest BCUT2D eigenvalue weighted by molar-refractivity contribution is 0.0332. The van der Waals surface area contributed by atoms with Crippen molar-refractivity contribution in [3.05, 3.63) is 18.0 Å². The van der Waals surface area contributed by atoms with Crippen LogP contribution in [0.4, 0.5) is 0 Å². The Morgan fingerprint density at radius 1 is 1.59 bits per heavy atom. The van der Waals surface area contributed by atoms with E-state index in [9.17, 15) is 9.90 Å². The number of hydrogen-bond donors (Lipinski definition) is 1. The molecule has 2 rings (SSSR count). The molecule has 0 aromatic carbocycles. The van der Waals surface area contributed by atoms with E-state index in [-0.39, 0.29) is 17.9 Å². The molecule has 2 heterocycles. The second-order valence-corrected chi connectivity index (χ2v) is 4.69. The van der Waals surface area contributed by atoms with E-state index >= 15 is 0 Å². The average Bonchev–Trinajstić information content (AvgIpc) is 2.92. The van der Waals surface area contributed by atoms with Gasteiger partial charge in [-0.05, 0) is 24.7 Å². The summed E-state index contributed by atoms with van der Waals surface area (Å²) >= 11 is 0. The number of nitrogens with zero attached hydrogens (tertiary/aromatic N) is 2. The first-order valence-electron chi connectivity index (χ1n) is 6.01. The van der Waals surface area contributed by atoms with Crippen molar-refractivity contribution in [2.45, 2.75) is 26.2 Å². The lowest BCUT2D eigenvalue weighted by Crippen LogP contribution is -2.44. The van der Waals surface area contributed by atoms with Crippen LogP contribution in [0, 0.1) is 5.41 Å². The van der Waals surface area contributed by atoms with E-state index in [4.69, 9.17) is 0 Å². The molecule has 1 aliphatic rings. The number of aliphatic hydroxyl groups excluding tert-OH is 1. The summed E-state index contributed by atoms with van der Waals surface area (Å²) in [5.74, 6) is -0.0820. The number of rotatable bonds is 3. The monoisotopic (exact) mass is 238 g/mol. The molecular weight excluding hydrogens is 220 g/mol. The first kappa shape index (κ1) is 12.1. The second kappa shape index (κ2) is 4.87. The van der Waals surface area contributed by atoms with Gasteiger partial charge in [0.1, 0.15) is 6.26 Å². The van der Waals surface area contributed by atoms with Gasteiger partial charge < -0.3 is 14.5 Å². The summed E-state index contributed by atoms with van der Waals surface area (Å²) in [5, 5.41) is 13.1. The highest BCUT2D eigenvalue weighted by atomic mass is 16.5. The van der Waals surface area contributed by atoms with Gasteiger partial charge in [-0.1, -0.05) is 12.1 Å². The number of aromatic nitrogens is 1. The van der Waals surface area contributed by atoms with Gasteiger partial charge in [0.2, 0.25) is 0 Å². The Morgan fingerprint density at radius 2 is 2.29 bits per heavy atom. The molecule has 0 atom stereocenters. The van der Waals surface area contributed by atoms with Crippen LogP contribution in [0.5, 0.6) is 0 Å². The molecule has 0 spiro atoms. The zero-order valence-electron chi connectivity index (χ0n) is 10.1. The normalized spacial score (nSPS) is 19.3. The number of piperidine rings is 1. The Labute approximate surface area is 100 Å². The molecule has 0 unspecified atom stereocenters. The SMILES string of the molecule is CCC1(CO)CCN(C(=O)c2ccon2)CC1. The molecule has 0 radical (unpaired) electrons. The van der Waals surface area contributed by atoms with Crippen LogP contribution in [0.3, 0.4) is 0 Å². The highest BCUT2D eigenvalue weighted by Gasteiger charge is 2.34. The van der Waals surface area contributed by atoms with Crippen molar-refractivity contribution in [2.75, 3.05) is 19.7 Å². The second-order valence-electron chi connectivity index (χ2n) is 4.69. The lowest BCUT2D eigenvalue weighted by Gasteiger charge is -2.39. The van der Waals surface area contributed by atoms with Crippen molar-refractivity contribution in [1.82, 2.24) is 10.1 Å². The van der Waals surface area contributed by atoms with Crippen LogP contribution >= 0.6 is 0 Å². The van der Waals surface area contributed by atoms with Crippen molar-refractivity contribution < 1.29 is 14.4 Å². The molecule has 5 heteroatoms. The van der Waals surface area contributed by atoms with Gasteiger partial charge in [-0.3, -0.25) is 4.79 Å². The van der Waals surface area contributed by atoms with Crippen molar-refractivity contribution in [2.24, 2.45) is 5.41 Å². The van der Waals surface area contributed by atoms with Crippen LogP contribution in [0.15, 0.2) is 16.9 Å². The van der Waals surface area contributed by atoms with Gasteiger partial charge in [-0.25, -0.2) is 0 Å². The molecule has 0 bridgehead atoms. The molecule has 17 heavy (non-hydrogen) atoms. The van der Waals surface area contributed by atoms with E-state index in [1.54, 1.807) is 11.0 Å². The molecule has 0 aliphatic carbocycles. The smallest absolute Gasteiger partial charge is 0.276 e. The maximum absolute atomic E-state index is 12.0. The zero-order valence-corrected chi connectivity index (χ0v) is 10.1. The topological polar surface area (TPSA) is 66.6 Å². The van der Waals surface area contributed by atoms with E-state index in [0.29, 0.717) is 18.8 Å². The summed E-state index contributed by atoms with van der Waals surface area (Å²) in [7, 11) is 0. The third-order valence-corrected chi connectivity index (χ3v) is 3.85. The molecule has 94 valence electrons. The fraction of sp³-hybridized carbons (Fsp3) is 0.667. The van der Waals surface area contributed by atoms with E-state index < -0.39 is 0 Å². The van der Waals surface area contributed by atoms with Gasteiger partial charge >= 0.3 is 0 Å². The number of amides is 1. The Kier molecular flexibility index (Phi) is 3.47. The van der Waals surface area contributed by atoms with E-state index in [1.807, 2.05) is 0 Å². The Hall–Kier alpha value is -1.36. The lowest BCUT2D eigenvalue weighted by atomic mass is 9.77. The van der Waals surface area contributed by atoms with E-state index in [0.717, 1.165) is 19.3 Å². The first-order chi connectivity index (χ1) is 8.21. The van der Waals surface area contributed by atoms with Crippen molar-refractivity contribution in [1.29, 1.82) is 0 Å². The summed E-state index contributed by atoms with van der Waals surface area (Å²) in [6, 6.07) is 1.58. The third-order valence-electron chi connectivity index (χ3n) is 3.85. The highest BCUT2D eigenvalue weighted by Crippen LogP contribution is 2.34. The first-order valence-corrected chi connectivity index (χ1v) is 6.01. The molecule has 1 aliphatic heterocycles. The molecule has 1 aromatic rings.